The number of aryl methyl sites for hydroxylation is 3. The molecular weight excluding hydrogens is 308 g/mol. The zero-order valence-corrected chi connectivity index (χ0v) is 12.7. The maximum atomic E-state index is 12.1. The molecule has 0 atom stereocenters. The first-order chi connectivity index (χ1) is 8.99. The summed E-state index contributed by atoms with van der Waals surface area (Å²) in [4.78, 5) is 16.3. The van der Waals surface area contributed by atoms with Gasteiger partial charge in [0.05, 0.1) is 17.8 Å². The van der Waals surface area contributed by atoms with Crippen LogP contribution in [-0.4, -0.2) is 10.9 Å². The Bertz CT molecular complexity index is 600. The Morgan fingerprint density at radius 2 is 2.11 bits per heavy atom. The van der Waals surface area contributed by atoms with E-state index in [-0.39, 0.29) is 12.5 Å². The molecule has 1 aromatic heterocycles. The van der Waals surface area contributed by atoms with Crippen LogP contribution in [0.5, 0.6) is 0 Å². The molecule has 100 valence electrons. The predicted octanol–water partition coefficient (Wildman–Crippen LogP) is 3.29. The van der Waals surface area contributed by atoms with Crippen LogP contribution in [0.2, 0.25) is 0 Å². The Morgan fingerprint density at radius 1 is 1.37 bits per heavy atom. The summed E-state index contributed by atoms with van der Waals surface area (Å²) in [5.74, 6) is 1.15. The fourth-order valence-electron chi connectivity index (χ4n) is 1.69. The molecule has 4 nitrogen and oxygen atoms in total. The fraction of sp³-hybridized carbons (Fsp3) is 0.286. The molecule has 1 heterocycles. The molecule has 1 aromatic carbocycles. The largest absolute Gasteiger partial charge is 0.444 e. The first-order valence-corrected chi connectivity index (χ1v) is 6.74. The number of halogens is 1. The Hall–Kier alpha value is -1.62. The van der Waals surface area contributed by atoms with E-state index in [1.54, 1.807) is 6.07 Å². The highest BCUT2D eigenvalue weighted by molar-refractivity contribution is 9.10. The number of rotatable bonds is 3. The Balaban J connectivity index is 2.07. The van der Waals surface area contributed by atoms with Crippen LogP contribution in [0, 0.1) is 20.8 Å². The lowest BCUT2D eigenvalue weighted by molar-refractivity contribution is 0.0946. The quantitative estimate of drug-likeness (QED) is 0.943. The number of nitrogens with one attached hydrogen (secondary N) is 1. The smallest absolute Gasteiger partial charge is 0.252 e. The van der Waals surface area contributed by atoms with Crippen molar-refractivity contribution in [2.45, 2.75) is 27.3 Å². The molecule has 0 aliphatic heterocycles. The molecule has 0 aliphatic rings. The number of carbonyl (C=O) groups is 1. The van der Waals surface area contributed by atoms with Crippen molar-refractivity contribution in [3.05, 3.63) is 51.1 Å². The maximum absolute atomic E-state index is 12.1. The number of amides is 1. The first-order valence-electron chi connectivity index (χ1n) is 5.95. The molecule has 0 radical (unpaired) electrons. The van der Waals surface area contributed by atoms with Gasteiger partial charge in [-0.3, -0.25) is 4.79 Å². The summed E-state index contributed by atoms with van der Waals surface area (Å²) in [7, 11) is 0. The summed E-state index contributed by atoms with van der Waals surface area (Å²) in [6.45, 7) is 5.96. The second-order valence-electron chi connectivity index (χ2n) is 4.37. The molecule has 0 bridgehead atoms. The highest BCUT2D eigenvalue weighted by Gasteiger charge is 2.12. The second-order valence-corrected chi connectivity index (χ2v) is 5.16. The van der Waals surface area contributed by atoms with Gasteiger partial charge in [-0.25, -0.2) is 4.98 Å². The molecule has 0 aliphatic carbocycles. The van der Waals surface area contributed by atoms with Crippen molar-refractivity contribution in [1.29, 1.82) is 0 Å². The first kappa shape index (κ1) is 13.8. The minimum atomic E-state index is -0.149. The van der Waals surface area contributed by atoms with Crippen LogP contribution in [0.4, 0.5) is 0 Å². The van der Waals surface area contributed by atoms with E-state index in [2.05, 4.69) is 26.2 Å². The maximum Gasteiger partial charge on any atom is 0.252 e. The van der Waals surface area contributed by atoms with Gasteiger partial charge in [0.2, 0.25) is 5.89 Å². The number of nitrogens with zero attached hydrogens (tertiary/aromatic N) is 1. The van der Waals surface area contributed by atoms with E-state index in [4.69, 9.17) is 4.42 Å². The molecule has 0 saturated carbocycles. The van der Waals surface area contributed by atoms with Gasteiger partial charge < -0.3 is 9.73 Å². The summed E-state index contributed by atoms with van der Waals surface area (Å²) in [5.41, 5.74) is 2.48. The predicted molar refractivity (Wildman–Crippen MR) is 76.0 cm³/mol. The molecule has 1 N–H and O–H groups in total. The van der Waals surface area contributed by atoms with Crippen molar-refractivity contribution in [3.8, 4) is 0 Å². The van der Waals surface area contributed by atoms with E-state index in [0.29, 0.717) is 11.5 Å². The van der Waals surface area contributed by atoms with E-state index in [1.807, 2.05) is 32.9 Å². The molecule has 0 saturated heterocycles. The summed E-state index contributed by atoms with van der Waals surface area (Å²) in [5, 5.41) is 2.80. The minimum absolute atomic E-state index is 0.149. The topological polar surface area (TPSA) is 55.1 Å². The van der Waals surface area contributed by atoms with Crippen molar-refractivity contribution in [2.24, 2.45) is 0 Å². The summed E-state index contributed by atoms with van der Waals surface area (Å²) >= 11 is 3.42. The van der Waals surface area contributed by atoms with Gasteiger partial charge in [0.1, 0.15) is 5.76 Å². The molecule has 2 rings (SSSR count). The summed E-state index contributed by atoms with van der Waals surface area (Å²) < 4.78 is 6.23. The lowest BCUT2D eigenvalue weighted by Crippen LogP contribution is -2.23. The van der Waals surface area contributed by atoms with Gasteiger partial charge in [-0.2, -0.15) is 0 Å². The van der Waals surface area contributed by atoms with Gasteiger partial charge in [0, 0.05) is 4.47 Å². The van der Waals surface area contributed by atoms with Crippen molar-refractivity contribution >= 4 is 21.8 Å². The number of carbonyl (C=O) groups excluding carboxylic acids is 1. The van der Waals surface area contributed by atoms with Crippen molar-refractivity contribution in [3.63, 3.8) is 0 Å². The summed E-state index contributed by atoms with van der Waals surface area (Å²) in [6.07, 6.45) is 0. The molecular formula is C14H15BrN2O2. The Labute approximate surface area is 120 Å². The van der Waals surface area contributed by atoms with Gasteiger partial charge >= 0.3 is 0 Å². The van der Waals surface area contributed by atoms with Gasteiger partial charge in [0.15, 0.2) is 0 Å². The normalized spacial score (nSPS) is 10.5. The number of benzene rings is 1. The molecule has 0 unspecified atom stereocenters. The third kappa shape index (κ3) is 3.04. The van der Waals surface area contributed by atoms with E-state index in [0.717, 1.165) is 21.5 Å². The van der Waals surface area contributed by atoms with Gasteiger partial charge in [0.25, 0.3) is 5.91 Å². The SMILES string of the molecule is Cc1cccc(C(=O)NCc2nc(C)c(C)o2)c1Br. The monoisotopic (exact) mass is 322 g/mol. The van der Waals surface area contributed by atoms with Crippen LogP contribution >= 0.6 is 15.9 Å². The van der Waals surface area contributed by atoms with Crippen molar-refractivity contribution < 1.29 is 9.21 Å². The van der Waals surface area contributed by atoms with Crippen LogP contribution < -0.4 is 5.32 Å². The van der Waals surface area contributed by atoms with Crippen LogP contribution in [0.25, 0.3) is 0 Å². The number of oxazole rings is 1. The number of hydrogen-bond acceptors (Lipinski definition) is 3. The molecule has 0 spiro atoms. The Kier molecular flexibility index (Phi) is 4.04. The second kappa shape index (κ2) is 5.57. The highest BCUT2D eigenvalue weighted by Crippen LogP contribution is 2.21. The van der Waals surface area contributed by atoms with Crippen LogP contribution in [0.3, 0.4) is 0 Å². The van der Waals surface area contributed by atoms with Crippen molar-refractivity contribution in [1.82, 2.24) is 10.3 Å². The highest BCUT2D eigenvalue weighted by atomic mass is 79.9. The van der Waals surface area contributed by atoms with Crippen LogP contribution in [0.1, 0.15) is 33.3 Å². The Morgan fingerprint density at radius 3 is 2.74 bits per heavy atom. The van der Waals surface area contributed by atoms with E-state index in [1.165, 1.54) is 0 Å². The number of hydrogen-bond donors (Lipinski definition) is 1. The third-order valence-electron chi connectivity index (χ3n) is 2.91. The zero-order chi connectivity index (χ0) is 14.0. The van der Waals surface area contributed by atoms with Gasteiger partial charge in [-0.05, 0) is 48.3 Å². The van der Waals surface area contributed by atoms with Gasteiger partial charge in [-0.15, -0.1) is 0 Å². The standard InChI is InChI=1S/C14H15BrN2O2/c1-8-5-4-6-11(13(8)15)14(18)16-7-12-17-9(2)10(3)19-12/h4-6H,7H2,1-3H3,(H,16,18). The van der Waals surface area contributed by atoms with E-state index >= 15 is 0 Å². The van der Waals surface area contributed by atoms with Crippen molar-refractivity contribution in [2.75, 3.05) is 0 Å². The van der Waals surface area contributed by atoms with E-state index in [9.17, 15) is 4.79 Å². The van der Waals surface area contributed by atoms with E-state index < -0.39 is 0 Å². The average molecular weight is 323 g/mol. The minimum Gasteiger partial charge on any atom is -0.444 e. The third-order valence-corrected chi connectivity index (χ3v) is 3.96. The molecule has 19 heavy (non-hydrogen) atoms. The fourth-order valence-corrected chi connectivity index (χ4v) is 2.13. The number of aromatic nitrogens is 1. The van der Waals surface area contributed by atoms with Gasteiger partial charge in [-0.1, -0.05) is 12.1 Å². The van der Waals surface area contributed by atoms with Crippen LogP contribution in [-0.2, 0) is 6.54 Å². The lowest BCUT2D eigenvalue weighted by Gasteiger charge is -2.06. The average Bonchev–Trinajstić information content (AvgIpc) is 2.69. The van der Waals surface area contributed by atoms with Crippen LogP contribution in [0.15, 0.2) is 27.1 Å². The molecule has 0 fully saturated rings. The summed E-state index contributed by atoms with van der Waals surface area (Å²) in [6, 6.07) is 5.58. The zero-order valence-electron chi connectivity index (χ0n) is 11.1. The molecule has 5 heteroatoms. The molecule has 1 amide bonds. The molecule has 2 aromatic rings. The lowest BCUT2D eigenvalue weighted by atomic mass is 10.1.